The lowest BCUT2D eigenvalue weighted by Gasteiger charge is -2.21. The van der Waals surface area contributed by atoms with Crippen molar-refractivity contribution in [1.82, 2.24) is 0 Å². The second kappa shape index (κ2) is 13.9. The highest BCUT2D eigenvalue weighted by Crippen LogP contribution is 2.22. The van der Waals surface area contributed by atoms with Gasteiger partial charge in [-0.25, -0.2) is 9.59 Å². The maximum absolute atomic E-state index is 13.4. The highest BCUT2D eigenvalue weighted by molar-refractivity contribution is 6.35. The molecule has 0 fully saturated rings. The number of hydrogen-bond acceptors (Lipinski definition) is 7. The molecule has 7 nitrogen and oxygen atoms in total. The number of rotatable bonds is 12. The standard InChI is InChI=1S/C29H36N2O5/c1-7-30(8-2)23-15-11-21(12-16-23)19-25(28(33)35-5)27(32)26(29(34)36-6)20-22-13-17-24(18-14-22)31(9-3)10-4/h11-20H,7-10H2,1-6H3. The Morgan fingerprint density at radius 1 is 0.611 bits per heavy atom. The number of esters is 2. The van der Waals surface area contributed by atoms with E-state index in [2.05, 4.69) is 37.5 Å². The van der Waals surface area contributed by atoms with Crippen LogP contribution in [0.2, 0.25) is 0 Å². The van der Waals surface area contributed by atoms with Crippen molar-refractivity contribution in [3.05, 3.63) is 70.8 Å². The summed E-state index contributed by atoms with van der Waals surface area (Å²) in [6.07, 6.45) is 2.86. The first-order chi connectivity index (χ1) is 17.3. The van der Waals surface area contributed by atoms with Crippen LogP contribution >= 0.6 is 0 Å². The molecule has 0 heterocycles. The van der Waals surface area contributed by atoms with Crippen LogP contribution in [0.5, 0.6) is 0 Å². The molecule has 0 radical (unpaired) electrons. The van der Waals surface area contributed by atoms with Crippen LogP contribution in [0, 0.1) is 0 Å². The van der Waals surface area contributed by atoms with Crippen molar-refractivity contribution in [1.29, 1.82) is 0 Å². The molecule has 0 amide bonds. The minimum absolute atomic E-state index is 0.260. The Labute approximate surface area is 214 Å². The van der Waals surface area contributed by atoms with Gasteiger partial charge in [-0.2, -0.15) is 0 Å². The van der Waals surface area contributed by atoms with Crippen molar-refractivity contribution in [2.45, 2.75) is 27.7 Å². The van der Waals surface area contributed by atoms with Gasteiger partial charge in [0.15, 0.2) is 0 Å². The molecule has 0 saturated carbocycles. The summed E-state index contributed by atoms with van der Waals surface area (Å²) in [4.78, 5) is 43.0. The summed E-state index contributed by atoms with van der Waals surface area (Å²) >= 11 is 0. The van der Waals surface area contributed by atoms with E-state index in [-0.39, 0.29) is 11.1 Å². The lowest BCUT2D eigenvalue weighted by molar-refractivity contribution is -0.138. The van der Waals surface area contributed by atoms with E-state index in [0.29, 0.717) is 11.1 Å². The first-order valence-corrected chi connectivity index (χ1v) is 12.2. The molecule has 36 heavy (non-hydrogen) atoms. The molecule has 2 aromatic rings. The minimum atomic E-state index is -0.834. The van der Waals surface area contributed by atoms with Crippen LogP contribution in [0.25, 0.3) is 12.2 Å². The molecule has 0 aliphatic heterocycles. The predicted molar refractivity (Wildman–Crippen MR) is 145 cm³/mol. The quantitative estimate of drug-likeness (QED) is 0.183. The fourth-order valence-electron chi connectivity index (χ4n) is 3.87. The number of carbonyl (C=O) groups excluding carboxylic acids is 3. The fraction of sp³-hybridized carbons (Fsp3) is 0.345. The summed E-state index contributed by atoms with van der Waals surface area (Å²) in [7, 11) is 2.39. The number of anilines is 2. The Morgan fingerprint density at radius 2 is 0.917 bits per heavy atom. The molecule has 0 spiro atoms. The molecule has 7 heteroatoms. The lowest BCUT2D eigenvalue weighted by atomic mass is 9.98. The number of carbonyl (C=O) groups is 3. The van der Waals surface area contributed by atoms with Crippen molar-refractivity contribution >= 4 is 41.2 Å². The van der Waals surface area contributed by atoms with E-state index in [9.17, 15) is 14.4 Å². The maximum atomic E-state index is 13.4. The average Bonchev–Trinajstić information content (AvgIpc) is 2.92. The number of Topliss-reactive ketones (excluding diaryl/α,β-unsaturated/α-hetero) is 1. The normalized spacial score (nSPS) is 11.6. The summed E-state index contributed by atoms with van der Waals surface area (Å²) in [6.45, 7) is 11.7. The van der Waals surface area contributed by atoms with Crippen molar-refractivity contribution in [3.63, 3.8) is 0 Å². The second-order valence-electron chi connectivity index (χ2n) is 7.96. The molecule has 0 saturated heterocycles. The molecular weight excluding hydrogens is 456 g/mol. The number of methoxy groups -OCH3 is 2. The smallest absolute Gasteiger partial charge is 0.341 e. The fourth-order valence-corrected chi connectivity index (χ4v) is 3.87. The summed E-state index contributed by atoms with van der Waals surface area (Å²) in [5, 5.41) is 0. The first-order valence-electron chi connectivity index (χ1n) is 12.2. The molecule has 0 aliphatic rings. The van der Waals surface area contributed by atoms with Gasteiger partial charge in [0.05, 0.1) is 14.2 Å². The van der Waals surface area contributed by atoms with Crippen molar-refractivity contribution in [3.8, 4) is 0 Å². The van der Waals surface area contributed by atoms with Gasteiger partial charge < -0.3 is 19.3 Å². The highest BCUT2D eigenvalue weighted by Gasteiger charge is 2.28. The zero-order valence-electron chi connectivity index (χ0n) is 22.0. The van der Waals surface area contributed by atoms with Crippen molar-refractivity contribution < 1.29 is 23.9 Å². The Morgan fingerprint density at radius 3 is 1.17 bits per heavy atom. The number of ether oxygens (including phenoxy) is 2. The second-order valence-corrected chi connectivity index (χ2v) is 7.96. The van der Waals surface area contributed by atoms with Crippen LogP contribution < -0.4 is 9.80 Å². The highest BCUT2D eigenvalue weighted by atomic mass is 16.5. The van der Waals surface area contributed by atoms with Crippen LogP contribution in [-0.4, -0.2) is 58.1 Å². The third kappa shape index (κ3) is 7.07. The van der Waals surface area contributed by atoms with E-state index in [1.807, 2.05) is 48.5 Å². The topological polar surface area (TPSA) is 76.2 Å². The van der Waals surface area contributed by atoms with E-state index in [1.165, 1.54) is 26.4 Å². The van der Waals surface area contributed by atoms with Crippen LogP contribution in [0.3, 0.4) is 0 Å². The molecule has 192 valence electrons. The Bertz CT molecular complexity index is 1010. The summed E-state index contributed by atoms with van der Waals surface area (Å²) in [5.74, 6) is -2.44. The number of hydrogen-bond donors (Lipinski definition) is 0. The zero-order valence-corrected chi connectivity index (χ0v) is 22.0. The Kier molecular flexibility index (Phi) is 10.9. The largest absolute Gasteiger partial charge is 0.465 e. The van der Waals surface area contributed by atoms with Gasteiger partial charge in [0.2, 0.25) is 5.78 Å². The monoisotopic (exact) mass is 492 g/mol. The van der Waals surface area contributed by atoms with Gasteiger partial charge in [-0.3, -0.25) is 4.79 Å². The number of ketones is 1. The number of nitrogens with zero attached hydrogens (tertiary/aromatic N) is 2. The van der Waals surface area contributed by atoms with Crippen molar-refractivity contribution in [2.24, 2.45) is 0 Å². The molecule has 0 aliphatic carbocycles. The first kappa shape index (κ1) is 28.4. The zero-order chi connectivity index (χ0) is 26.7. The molecular formula is C29H36N2O5. The van der Waals surface area contributed by atoms with Gasteiger partial charge in [-0.05, 0) is 75.2 Å². The third-order valence-electron chi connectivity index (χ3n) is 5.97. The third-order valence-corrected chi connectivity index (χ3v) is 5.97. The molecule has 2 aromatic carbocycles. The van der Waals surface area contributed by atoms with E-state index in [4.69, 9.17) is 9.47 Å². The van der Waals surface area contributed by atoms with Crippen LogP contribution in [-0.2, 0) is 23.9 Å². The lowest BCUT2D eigenvalue weighted by Crippen LogP contribution is -2.22. The molecule has 0 unspecified atom stereocenters. The van der Waals surface area contributed by atoms with Crippen LogP contribution in [0.15, 0.2) is 59.7 Å². The van der Waals surface area contributed by atoms with Crippen molar-refractivity contribution in [2.75, 3.05) is 50.2 Å². The maximum Gasteiger partial charge on any atom is 0.341 e. The van der Waals surface area contributed by atoms with Gasteiger partial charge in [0.1, 0.15) is 11.1 Å². The van der Waals surface area contributed by atoms with Crippen LogP contribution in [0.1, 0.15) is 38.8 Å². The van der Waals surface area contributed by atoms with Gasteiger partial charge in [-0.1, -0.05) is 24.3 Å². The molecule has 0 aromatic heterocycles. The Balaban J connectivity index is 2.48. The minimum Gasteiger partial charge on any atom is -0.465 e. The van der Waals surface area contributed by atoms with Gasteiger partial charge in [0, 0.05) is 37.6 Å². The molecule has 0 atom stereocenters. The SMILES string of the molecule is CCN(CC)c1ccc(C=C(C(=O)OC)C(=O)C(=Cc2ccc(N(CC)CC)cc2)C(=O)OC)cc1. The van der Waals surface area contributed by atoms with E-state index < -0.39 is 17.7 Å². The van der Waals surface area contributed by atoms with Gasteiger partial charge in [-0.15, -0.1) is 0 Å². The van der Waals surface area contributed by atoms with E-state index in [0.717, 1.165) is 37.6 Å². The van der Waals surface area contributed by atoms with Gasteiger partial charge >= 0.3 is 11.9 Å². The van der Waals surface area contributed by atoms with E-state index in [1.54, 1.807) is 0 Å². The summed E-state index contributed by atoms with van der Waals surface area (Å²) in [5.41, 5.74) is 2.81. The van der Waals surface area contributed by atoms with E-state index >= 15 is 0 Å². The average molecular weight is 493 g/mol. The molecule has 2 rings (SSSR count). The predicted octanol–water partition coefficient (Wildman–Crippen LogP) is 4.76. The van der Waals surface area contributed by atoms with Crippen LogP contribution in [0.4, 0.5) is 11.4 Å². The number of benzene rings is 2. The molecule has 0 bridgehead atoms. The summed E-state index contributed by atoms with van der Waals surface area (Å²) < 4.78 is 9.72. The molecule has 0 N–H and O–H groups in total. The summed E-state index contributed by atoms with van der Waals surface area (Å²) in [6, 6.07) is 15.0. The Hall–Kier alpha value is -3.87. The van der Waals surface area contributed by atoms with Gasteiger partial charge in [0.25, 0.3) is 0 Å².